The highest BCUT2D eigenvalue weighted by atomic mass is 35.5. The van der Waals surface area contributed by atoms with Gasteiger partial charge < -0.3 is 13.8 Å². The molecule has 0 radical (unpaired) electrons. The van der Waals surface area contributed by atoms with E-state index in [4.69, 9.17) is 9.26 Å². The maximum absolute atomic E-state index is 13.6. The molecule has 0 bridgehead atoms. The summed E-state index contributed by atoms with van der Waals surface area (Å²) in [6, 6.07) is 6.89. The Morgan fingerprint density at radius 3 is 2.34 bits per heavy atom. The first kappa shape index (κ1) is 31.6. The van der Waals surface area contributed by atoms with Gasteiger partial charge in [-0.15, -0.1) is 12.4 Å². The molecule has 0 unspecified atom stereocenters. The Hall–Kier alpha value is -3.92. The Morgan fingerprint density at radius 2 is 1.73 bits per heavy atom. The molecule has 0 aliphatic carbocycles. The van der Waals surface area contributed by atoms with Crippen molar-refractivity contribution in [1.82, 2.24) is 24.5 Å². The van der Waals surface area contributed by atoms with E-state index < -0.39 is 5.97 Å². The first-order valence-corrected chi connectivity index (χ1v) is 13.8. The zero-order chi connectivity index (χ0) is 28.8. The van der Waals surface area contributed by atoms with E-state index in [0.717, 1.165) is 54.7 Å². The molecule has 3 aromatic rings. The number of hydrogen-bond acceptors (Lipinski definition) is 7. The highest BCUT2D eigenvalue weighted by Crippen LogP contribution is 2.28. The fourth-order valence-corrected chi connectivity index (χ4v) is 4.73. The van der Waals surface area contributed by atoms with Crippen LogP contribution >= 0.6 is 12.4 Å². The van der Waals surface area contributed by atoms with Crippen LogP contribution in [0.4, 0.5) is 4.79 Å². The van der Waals surface area contributed by atoms with E-state index in [1.54, 1.807) is 31.3 Å². The fraction of sp³-hybridized carbons (Fsp3) is 0.433. The molecule has 1 aliphatic heterocycles. The number of rotatable bonds is 12. The third-order valence-electron chi connectivity index (χ3n) is 7.17. The minimum atomic E-state index is -0.390. The van der Waals surface area contributed by atoms with Gasteiger partial charge in [-0.25, -0.2) is 14.6 Å². The van der Waals surface area contributed by atoms with Crippen molar-refractivity contribution < 1.29 is 23.6 Å². The van der Waals surface area contributed by atoms with E-state index in [-0.39, 0.29) is 30.9 Å². The number of esters is 1. The second-order valence-electron chi connectivity index (χ2n) is 9.99. The van der Waals surface area contributed by atoms with E-state index in [2.05, 4.69) is 21.6 Å². The molecule has 220 valence electrons. The normalized spacial score (nSPS) is 14.2. The van der Waals surface area contributed by atoms with Gasteiger partial charge in [-0.3, -0.25) is 14.6 Å². The third-order valence-corrected chi connectivity index (χ3v) is 7.17. The van der Waals surface area contributed by atoms with Crippen LogP contribution in [0, 0.1) is 13.8 Å². The molecule has 3 heterocycles. The Bertz CT molecular complexity index is 1390. The summed E-state index contributed by atoms with van der Waals surface area (Å²) in [5.41, 5.74) is 3.93. The van der Waals surface area contributed by atoms with Gasteiger partial charge in [-0.2, -0.15) is 0 Å². The van der Waals surface area contributed by atoms with E-state index in [1.807, 2.05) is 26.0 Å². The quantitative estimate of drug-likeness (QED) is 0.153. The number of nitrogens with zero attached hydrogens (tertiary/aromatic N) is 5. The Kier molecular flexibility index (Phi) is 10.9. The Balaban J connectivity index is 0.00000462. The van der Waals surface area contributed by atoms with Crippen molar-refractivity contribution in [2.45, 2.75) is 72.9 Å². The minimum absolute atomic E-state index is 0. The number of benzene rings is 1. The molecule has 41 heavy (non-hydrogen) atoms. The number of imidazole rings is 1. The van der Waals surface area contributed by atoms with Gasteiger partial charge >= 0.3 is 12.0 Å². The van der Waals surface area contributed by atoms with Gasteiger partial charge in [-0.1, -0.05) is 44.0 Å². The van der Waals surface area contributed by atoms with Crippen molar-refractivity contribution in [3.63, 3.8) is 0 Å². The summed E-state index contributed by atoms with van der Waals surface area (Å²) in [6.07, 6.45) is 7.86. The molecule has 0 N–H and O–H groups in total. The molecule has 10 nitrogen and oxygen atoms in total. The standard InChI is InChI=1S/C30H37N5O5.ClH/c1-6-8-10-27-31-17-24(34(27)18-22-11-13-23(14-12-22)29(37)39-5)16-26-28(36)33(15-9-7-2)30(38)35(26)19-25-20(3)32-40-21(25)4;/h11-14,16-17H,6-10,15,18-19H2,1-5H3;1H. The molecule has 1 aromatic carbocycles. The van der Waals surface area contributed by atoms with Gasteiger partial charge in [0.25, 0.3) is 5.91 Å². The fourth-order valence-electron chi connectivity index (χ4n) is 4.73. The van der Waals surface area contributed by atoms with Crippen molar-refractivity contribution >= 4 is 36.4 Å². The Morgan fingerprint density at radius 1 is 1.02 bits per heavy atom. The molecule has 0 saturated carbocycles. The molecule has 3 amide bonds. The second kappa shape index (κ2) is 14.1. The van der Waals surface area contributed by atoms with Gasteiger partial charge in [0.2, 0.25) is 0 Å². The zero-order valence-corrected chi connectivity index (χ0v) is 25.1. The lowest BCUT2D eigenvalue weighted by Gasteiger charge is -2.17. The summed E-state index contributed by atoms with van der Waals surface area (Å²) < 4.78 is 12.2. The van der Waals surface area contributed by atoms with Crippen LogP contribution < -0.4 is 0 Å². The van der Waals surface area contributed by atoms with Crippen LogP contribution in [0.3, 0.4) is 0 Å². The number of imide groups is 1. The third kappa shape index (κ3) is 6.87. The van der Waals surface area contributed by atoms with Crippen molar-refractivity contribution in [2.24, 2.45) is 0 Å². The number of hydrogen-bond donors (Lipinski definition) is 0. The van der Waals surface area contributed by atoms with Gasteiger partial charge in [0.15, 0.2) is 0 Å². The summed E-state index contributed by atoms with van der Waals surface area (Å²) >= 11 is 0. The number of unbranched alkanes of at least 4 members (excludes halogenated alkanes) is 2. The minimum Gasteiger partial charge on any atom is -0.465 e. The Labute approximate surface area is 246 Å². The number of halogens is 1. The van der Waals surface area contributed by atoms with Gasteiger partial charge in [0.1, 0.15) is 17.3 Å². The topological polar surface area (TPSA) is 111 Å². The maximum atomic E-state index is 13.6. The molecule has 11 heteroatoms. The van der Waals surface area contributed by atoms with E-state index in [9.17, 15) is 14.4 Å². The number of carbonyl (C=O) groups excluding carboxylic acids is 3. The number of aryl methyl sites for hydroxylation is 3. The SMILES string of the molecule is CCCCc1ncc(C=C2C(=O)N(CCCC)C(=O)N2Cc2c(C)noc2C)n1Cc1ccc(C(=O)OC)cc1.Cl. The van der Waals surface area contributed by atoms with Crippen LogP contribution in [0.25, 0.3) is 6.08 Å². The van der Waals surface area contributed by atoms with Gasteiger partial charge in [-0.05, 0) is 50.5 Å². The summed E-state index contributed by atoms with van der Waals surface area (Å²) in [5, 5.41) is 4.02. The molecular formula is C30H38ClN5O5. The molecule has 0 atom stereocenters. The van der Waals surface area contributed by atoms with Crippen LogP contribution in [0.2, 0.25) is 0 Å². The molecule has 1 fully saturated rings. The number of carbonyl (C=O) groups is 3. The summed E-state index contributed by atoms with van der Waals surface area (Å²) in [7, 11) is 1.36. The summed E-state index contributed by atoms with van der Waals surface area (Å²) in [6.45, 7) is 8.82. The van der Waals surface area contributed by atoms with Crippen molar-refractivity contribution in [2.75, 3.05) is 13.7 Å². The number of urea groups is 1. The van der Waals surface area contributed by atoms with Crippen molar-refractivity contribution in [1.29, 1.82) is 0 Å². The molecule has 1 saturated heterocycles. The van der Waals surface area contributed by atoms with E-state index >= 15 is 0 Å². The predicted octanol–water partition coefficient (Wildman–Crippen LogP) is 5.69. The van der Waals surface area contributed by atoms with Gasteiger partial charge in [0, 0.05) is 25.1 Å². The molecule has 1 aliphatic rings. The predicted molar refractivity (Wildman–Crippen MR) is 156 cm³/mol. The first-order valence-electron chi connectivity index (χ1n) is 13.8. The number of methoxy groups -OCH3 is 1. The maximum Gasteiger partial charge on any atom is 0.337 e. The second-order valence-corrected chi connectivity index (χ2v) is 9.99. The van der Waals surface area contributed by atoms with Crippen molar-refractivity contribution in [3.05, 3.63) is 75.8 Å². The van der Waals surface area contributed by atoms with Gasteiger partial charge in [0.05, 0.1) is 36.8 Å². The van der Waals surface area contributed by atoms with Crippen molar-refractivity contribution in [3.8, 4) is 0 Å². The monoisotopic (exact) mass is 583 g/mol. The van der Waals surface area contributed by atoms with Crippen LogP contribution in [-0.4, -0.2) is 56.1 Å². The molecular weight excluding hydrogens is 546 g/mol. The molecule has 2 aromatic heterocycles. The summed E-state index contributed by atoms with van der Waals surface area (Å²) in [5.74, 6) is 0.795. The highest BCUT2D eigenvalue weighted by molar-refractivity contribution is 6.13. The molecule has 4 rings (SSSR count). The lowest BCUT2D eigenvalue weighted by Crippen LogP contribution is -2.33. The number of ether oxygens (including phenoxy) is 1. The lowest BCUT2D eigenvalue weighted by molar-refractivity contribution is -0.123. The zero-order valence-electron chi connectivity index (χ0n) is 24.3. The van der Waals surface area contributed by atoms with Crippen LogP contribution in [-0.2, 0) is 29.0 Å². The van der Waals surface area contributed by atoms with E-state index in [1.165, 1.54) is 16.9 Å². The number of amides is 3. The lowest BCUT2D eigenvalue weighted by atomic mass is 10.1. The molecule has 0 spiro atoms. The summed E-state index contributed by atoms with van der Waals surface area (Å²) in [4.78, 5) is 46.5. The first-order chi connectivity index (χ1) is 19.3. The van der Waals surface area contributed by atoms with Crippen LogP contribution in [0.15, 0.2) is 40.7 Å². The number of aromatic nitrogens is 3. The smallest absolute Gasteiger partial charge is 0.337 e. The van der Waals surface area contributed by atoms with Crippen LogP contribution in [0.1, 0.15) is 84.0 Å². The van der Waals surface area contributed by atoms with Crippen LogP contribution in [0.5, 0.6) is 0 Å². The van der Waals surface area contributed by atoms with E-state index in [0.29, 0.717) is 35.8 Å². The average molecular weight is 584 g/mol. The highest BCUT2D eigenvalue weighted by Gasteiger charge is 2.41. The average Bonchev–Trinajstić information content (AvgIpc) is 3.56. The largest absolute Gasteiger partial charge is 0.465 e.